The zero-order valence-corrected chi connectivity index (χ0v) is 16.7. The summed E-state index contributed by atoms with van der Waals surface area (Å²) in [5, 5.41) is 12.6. The minimum atomic E-state index is 0.147. The fourth-order valence-corrected chi connectivity index (χ4v) is 3.12. The van der Waals surface area contributed by atoms with Crippen LogP contribution in [0.15, 0.2) is 48.9 Å². The van der Waals surface area contributed by atoms with Gasteiger partial charge in [0.15, 0.2) is 11.5 Å². The Balaban J connectivity index is 1.81. The zero-order chi connectivity index (χ0) is 19.8. The van der Waals surface area contributed by atoms with Gasteiger partial charge in [0.2, 0.25) is 0 Å². The number of anilines is 3. The van der Waals surface area contributed by atoms with Crippen molar-refractivity contribution in [2.45, 2.75) is 33.1 Å². The fourth-order valence-electron chi connectivity index (χ4n) is 3.12. The summed E-state index contributed by atoms with van der Waals surface area (Å²) in [7, 11) is 0. The highest BCUT2D eigenvalue weighted by molar-refractivity contribution is 5.72. The Morgan fingerprint density at radius 1 is 1.21 bits per heavy atom. The number of benzene rings is 1. The summed E-state index contributed by atoms with van der Waals surface area (Å²) >= 11 is 0. The third kappa shape index (κ3) is 4.89. The highest BCUT2D eigenvalue weighted by atomic mass is 16.3. The molecule has 0 fully saturated rings. The maximum Gasteiger partial charge on any atom is 0.180 e. The molecule has 0 amide bonds. The molecule has 0 spiro atoms. The summed E-state index contributed by atoms with van der Waals surface area (Å²) in [5.74, 6) is 0.734. The Kier molecular flexibility index (Phi) is 7.03. The van der Waals surface area contributed by atoms with Crippen molar-refractivity contribution in [3.63, 3.8) is 0 Å². The van der Waals surface area contributed by atoms with Crippen LogP contribution in [0.2, 0.25) is 0 Å². The van der Waals surface area contributed by atoms with E-state index in [1.54, 1.807) is 6.20 Å². The summed E-state index contributed by atoms with van der Waals surface area (Å²) in [5.41, 5.74) is 3.74. The number of aliphatic hydroxyl groups excluding tert-OH is 1. The number of fused-ring (bicyclic) bond motifs is 1. The van der Waals surface area contributed by atoms with Crippen LogP contribution in [0.1, 0.15) is 38.8 Å². The fraction of sp³-hybridized carbons (Fsp3) is 0.364. The molecule has 0 aliphatic heterocycles. The first-order chi connectivity index (χ1) is 13.7. The normalized spacial score (nSPS) is 11.4. The van der Waals surface area contributed by atoms with E-state index in [2.05, 4.69) is 53.3 Å². The second-order valence-corrected chi connectivity index (χ2v) is 6.69. The molecule has 3 aromatic rings. The van der Waals surface area contributed by atoms with Crippen LogP contribution in [0, 0.1) is 0 Å². The highest BCUT2D eigenvalue weighted by Gasteiger charge is 2.08. The van der Waals surface area contributed by atoms with Crippen LogP contribution in [-0.4, -0.2) is 39.2 Å². The van der Waals surface area contributed by atoms with Crippen LogP contribution in [0.4, 0.5) is 17.2 Å². The number of hydrogen-bond acceptors (Lipinski definition) is 5. The van der Waals surface area contributed by atoms with Crippen LogP contribution in [0.25, 0.3) is 11.7 Å². The number of nitrogens with zero attached hydrogens (tertiary/aromatic N) is 4. The van der Waals surface area contributed by atoms with Crippen molar-refractivity contribution in [2.24, 2.45) is 0 Å². The number of rotatable bonds is 10. The third-order valence-electron chi connectivity index (χ3n) is 4.65. The van der Waals surface area contributed by atoms with Gasteiger partial charge in [-0.2, -0.15) is 0 Å². The minimum absolute atomic E-state index is 0.147. The number of allylic oxidation sites excluding steroid dienone is 1. The lowest BCUT2D eigenvalue weighted by Crippen LogP contribution is -2.25. The molecule has 0 saturated carbocycles. The largest absolute Gasteiger partial charge is 0.395 e. The molecular weight excluding hydrogens is 350 g/mol. The van der Waals surface area contributed by atoms with Crippen LogP contribution >= 0.6 is 0 Å². The summed E-state index contributed by atoms with van der Waals surface area (Å²) in [6, 6.07) is 8.16. The number of likely N-dealkylation sites (N-methyl/N-ethyl adjacent to an activating group) is 1. The van der Waals surface area contributed by atoms with Gasteiger partial charge in [0.25, 0.3) is 0 Å². The van der Waals surface area contributed by atoms with Crippen molar-refractivity contribution in [3.05, 3.63) is 54.6 Å². The maximum absolute atomic E-state index is 9.20. The average Bonchev–Trinajstić information content (AvgIpc) is 3.19. The third-order valence-corrected chi connectivity index (χ3v) is 4.65. The topological polar surface area (TPSA) is 65.7 Å². The monoisotopic (exact) mass is 379 g/mol. The molecule has 0 saturated heterocycles. The van der Waals surface area contributed by atoms with Crippen molar-refractivity contribution in [1.29, 1.82) is 0 Å². The number of aliphatic hydroxyl groups is 1. The van der Waals surface area contributed by atoms with E-state index in [4.69, 9.17) is 4.98 Å². The van der Waals surface area contributed by atoms with Gasteiger partial charge in [0, 0.05) is 43.1 Å². The van der Waals surface area contributed by atoms with Gasteiger partial charge < -0.3 is 19.7 Å². The van der Waals surface area contributed by atoms with E-state index in [0.29, 0.717) is 6.54 Å². The van der Waals surface area contributed by atoms with Gasteiger partial charge in [-0.3, -0.25) is 0 Å². The van der Waals surface area contributed by atoms with Crippen LogP contribution < -0.4 is 10.2 Å². The molecule has 2 aromatic heterocycles. The molecule has 0 unspecified atom stereocenters. The molecule has 0 aliphatic rings. The molecule has 6 heteroatoms. The van der Waals surface area contributed by atoms with Crippen molar-refractivity contribution in [3.8, 4) is 0 Å². The van der Waals surface area contributed by atoms with Gasteiger partial charge >= 0.3 is 0 Å². The van der Waals surface area contributed by atoms with Gasteiger partial charge in [-0.05, 0) is 43.7 Å². The lowest BCUT2D eigenvalue weighted by atomic mass is 10.2. The summed E-state index contributed by atoms with van der Waals surface area (Å²) < 4.78 is 1.99. The van der Waals surface area contributed by atoms with Crippen molar-refractivity contribution < 1.29 is 5.11 Å². The molecule has 28 heavy (non-hydrogen) atoms. The molecule has 6 nitrogen and oxygen atoms in total. The Morgan fingerprint density at radius 2 is 2.04 bits per heavy atom. The van der Waals surface area contributed by atoms with E-state index in [-0.39, 0.29) is 6.61 Å². The Bertz CT molecular complexity index is 901. The average molecular weight is 380 g/mol. The molecule has 148 valence electrons. The van der Waals surface area contributed by atoms with Gasteiger partial charge in [0.1, 0.15) is 0 Å². The van der Waals surface area contributed by atoms with Crippen molar-refractivity contribution >= 4 is 28.9 Å². The molecular formula is C22H29N5O. The quantitative estimate of drug-likeness (QED) is 0.508. The molecule has 3 rings (SSSR count). The smallest absolute Gasteiger partial charge is 0.180 e. The zero-order valence-electron chi connectivity index (χ0n) is 16.7. The van der Waals surface area contributed by atoms with E-state index in [9.17, 15) is 5.11 Å². The molecule has 0 bridgehead atoms. The van der Waals surface area contributed by atoms with Gasteiger partial charge in [-0.15, -0.1) is 0 Å². The Labute approximate surface area is 166 Å². The minimum Gasteiger partial charge on any atom is -0.395 e. The van der Waals surface area contributed by atoms with E-state index >= 15 is 0 Å². The molecule has 2 heterocycles. The van der Waals surface area contributed by atoms with E-state index < -0.39 is 0 Å². The first-order valence-corrected chi connectivity index (χ1v) is 9.98. The van der Waals surface area contributed by atoms with Gasteiger partial charge in [0.05, 0.1) is 12.3 Å². The van der Waals surface area contributed by atoms with Gasteiger partial charge in [-0.1, -0.05) is 25.8 Å². The Morgan fingerprint density at radius 3 is 2.75 bits per heavy atom. The molecule has 0 radical (unpaired) electrons. The lowest BCUT2D eigenvalue weighted by molar-refractivity contribution is 0.302. The molecule has 1 aromatic carbocycles. The van der Waals surface area contributed by atoms with E-state index in [0.717, 1.165) is 41.5 Å². The molecule has 0 aliphatic carbocycles. The predicted molar refractivity (Wildman–Crippen MR) is 116 cm³/mol. The van der Waals surface area contributed by atoms with Gasteiger partial charge in [-0.25, -0.2) is 9.97 Å². The van der Waals surface area contributed by atoms with E-state index in [1.165, 1.54) is 12.8 Å². The standard InChI is InChI=1S/C22H29N5O/c1-3-5-6-7-8-19-17-27-14-13-23-22(27)21(25-19)24-18-9-11-20(12-10-18)26(4-2)15-16-28/h7-14,17,28H,3-6,15-16H2,1-2H3,(H,24,25). The van der Waals surface area contributed by atoms with Crippen LogP contribution in [0.5, 0.6) is 0 Å². The SMILES string of the molecule is CCCCC=Cc1cn2ccnc2c(Nc2ccc(N(CC)CCO)cc2)n1. The second kappa shape index (κ2) is 9.90. The van der Waals surface area contributed by atoms with Crippen LogP contribution in [0.3, 0.4) is 0 Å². The number of nitrogens with one attached hydrogen (secondary N) is 1. The summed E-state index contributed by atoms with van der Waals surface area (Å²) in [6.07, 6.45) is 13.4. The first-order valence-electron chi connectivity index (χ1n) is 9.98. The second-order valence-electron chi connectivity index (χ2n) is 6.69. The predicted octanol–water partition coefficient (Wildman–Crippen LogP) is 4.49. The number of unbranched alkanes of at least 4 members (excludes halogenated alkanes) is 2. The number of imidazole rings is 1. The first kappa shape index (κ1) is 19.9. The highest BCUT2D eigenvalue weighted by Crippen LogP contribution is 2.23. The van der Waals surface area contributed by atoms with Crippen molar-refractivity contribution in [1.82, 2.24) is 14.4 Å². The summed E-state index contributed by atoms with van der Waals surface area (Å²) in [4.78, 5) is 11.3. The number of hydrogen-bond donors (Lipinski definition) is 2. The Hall–Kier alpha value is -2.86. The lowest BCUT2D eigenvalue weighted by Gasteiger charge is -2.22. The summed E-state index contributed by atoms with van der Waals surface area (Å²) in [6.45, 7) is 5.91. The number of aromatic nitrogens is 3. The molecule has 0 atom stereocenters. The van der Waals surface area contributed by atoms with Crippen LogP contribution in [-0.2, 0) is 0 Å². The maximum atomic E-state index is 9.20. The molecule has 2 N–H and O–H groups in total. The van der Waals surface area contributed by atoms with E-state index in [1.807, 2.05) is 28.9 Å². The van der Waals surface area contributed by atoms with Crippen molar-refractivity contribution in [2.75, 3.05) is 29.9 Å².